The molecule has 1 atom stereocenters. The quantitative estimate of drug-likeness (QED) is 0.649. The number of hydrogen-bond donors (Lipinski definition) is 2. The highest BCUT2D eigenvalue weighted by Crippen LogP contribution is 2.21. The lowest BCUT2D eigenvalue weighted by Gasteiger charge is -2.30. The molecule has 1 aliphatic rings. The van der Waals surface area contributed by atoms with Gasteiger partial charge in [0.2, 0.25) is 5.95 Å². The van der Waals surface area contributed by atoms with Gasteiger partial charge in [-0.25, -0.2) is 0 Å². The number of non-ortho nitro benzene ring substituents is 1. The summed E-state index contributed by atoms with van der Waals surface area (Å²) < 4.78 is 0. The van der Waals surface area contributed by atoms with E-state index in [1.165, 1.54) is 12.1 Å². The van der Waals surface area contributed by atoms with Gasteiger partial charge >= 0.3 is 0 Å². The third-order valence-electron chi connectivity index (χ3n) is 3.48. The van der Waals surface area contributed by atoms with E-state index in [0.29, 0.717) is 17.8 Å². The van der Waals surface area contributed by atoms with Gasteiger partial charge in [-0.3, -0.25) is 15.2 Å². The number of H-pyrrole nitrogens is 1. The Bertz CT molecular complexity index is 638. The number of nitrogens with zero attached hydrogens (tertiary/aromatic N) is 4. The average molecular weight is 288 g/mol. The number of benzene rings is 1. The summed E-state index contributed by atoms with van der Waals surface area (Å²) in [4.78, 5) is 16.8. The molecule has 2 N–H and O–H groups in total. The summed E-state index contributed by atoms with van der Waals surface area (Å²) in [6.07, 6.45) is 0. The molecular formula is C13H16N6O2. The molecule has 0 spiro atoms. The fraction of sp³-hybridized carbons (Fsp3) is 0.385. The molecule has 1 aromatic heterocycles. The van der Waals surface area contributed by atoms with Gasteiger partial charge in [-0.15, -0.1) is 5.10 Å². The van der Waals surface area contributed by atoms with E-state index >= 15 is 0 Å². The van der Waals surface area contributed by atoms with Crippen molar-refractivity contribution in [1.29, 1.82) is 0 Å². The van der Waals surface area contributed by atoms with Crippen LogP contribution in [0.5, 0.6) is 0 Å². The number of nitrogens with one attached hydrogen (secondary N) is 2. The summed E-state index contributed by atoms with van der Waals surface area (Å²) in [5, 5.41) is 21.1. The molecule has 0 bridgehead atoms. The SMILES string of the molecule is CC1CN(c2n[nH]c(-c3ccc([N+](=O)[O-])cc3)n2)CCN1. The predicted molar refractivity (Wildman–Crippen MR) is 78.2 cm³/mol. The molecule has 21 heavy (non-hydrogen) atoms. The summed E-state index contributed by atoms with van der Waals surface area (Å²) in [6.45, 7) is 4.75. The zero-order valence-electron chi connectivity index (χ0n) is 11.6. The molecule has 3 rings (SSSR count). The largest absolute Gasteiger partial charge is 0.337 e. The molecule has 1 fully saturated rings. The monoisotopic (exact) mass is 288 g/mol. The van der Waals surface area contributed by atoms with E-state index in [2.05, 4.69) is 32.3 Å². The van der Waals surface area contributed by atoms with Gasteiger partial charge in [0.1, 0.15) is 0 Å². The van der Waals surface area contributed by atoms with E-state index in [-0.39, 0.29) is 5.69 Å². The lowest BCUT2D eigenvalue weighted by Crippen LogP contribution is -2.49. The van der Waals surface area contributed by atoms with Gasteiger partial charge in [0, 0.05) is 43.4 Å². The molecule has 1 saturated heterocycles. The minimum Gasteiger partial charge on any atom is -0.337 e. The van der Waals surface area contributed by atoms with Gasteiger partial charge in [0.05, 0.1) is 4.92 Å². The molecule has 8 heteroatoms. The van der Waals surface area contributed by atoms with Crippen LogP contribution in [-0.4, -0.2) is 45.8 Å². The molecule has 110 valence electrons. The number of aromatic nitrogens is 3. The summed E-state index contributed by atoms with van der Waals surface area (Å²) in [5.74, 6) is 1.28. The van der Waals surface area contributed by atoms with Gasteiger partial charge in [0.15, 0.2) is 5.82 Å². The van der Waals surface area contributed by atoms with E-state index in [1.54, 1.807) is 12.1 Å². The van der Waals surface area contributed by atoms with E-state index in [1.807, 2.05) is 0 Å². The summed E-state index contributed by atoms with van der Waals surface area (Å²) >= 11 is 0. The van der Waals surface area contributed by atoms with Crippen LogP contribution in [0.4, 0.5) is 11.6 Å². The lowest BCUT2D eigenvalue weighted by molar-refractivity contribution is -0.384. The predicted octanol–water partition coefficient (Wildman–Crippen LogP) is 1.18. The van der Waals surface area contributed by atoms with Crippen LogP contribution in [0.3, 0.4) is 0 Å². The lowest BCUT2D eigenvalue weighted by atomic mass is 10.2. The second-order valence-electron chi connectivity index (χ2n) is 5.09. The van der Waals surface area contributed by atoms with Crippen molar-refractivity contribution in [3.63, 3.8) is 0 Å². The smallest absolute Gasteiger partial charge is 0.269 e. The Hall–Kier alpha value is -2.48. The Morgan fingerprint density at radius 3 is 2.81 bits per heavy atom. The van der Waals surface area contributed by atoms with Crippen LogP contribution < -0.4 is 10.2 Å². The van der Waals surface area contributed by atoms with Gasteiger partial charge in [-0.05, 0) is 19.1 Å². The van der Waals surface area contributed by atoms with Crippen molar-refractivity contribution in [2.24, 2.45) is 0 Å². The average Bonchev–Trinajstić information content (AvgIpc) is 2.97. The number of nitro groups is 1. The van der Waals surface area contributed by atoms with Crippen LogP contribution in [-0.2, 0) is 0 Å². The number of nitro benzene ring substituents is 1. The molecule has 0 amide bonds. The van der Waals surface area contributed by atoms with E-state index in [0.717, 1.165) is 25.2 Å². The first-order valence-electron chi connectivity index (χ1n) is 6.79. The molecule has 1 aromatic carbocycles. The number of aromatic amines is 1. The van der Waals surface area contributed by atoms with Crippen molar-refractivity contribution in [3.8, 4) is 11.4 Å². The van der Waals surface area contributed by atoms with Crippen LogP contribution in [0, 0.1) is 10.1 Å². The van der Waals surface area contributed by atoms with Crippen molar-refractivity contribution >= 4 is 11.6 Å². The molecule has 8 nitrogen and oxygen atoms in total. The van der Waals surface area contributed by atoms with Crippen LogP contribution >= 0.6 is 0 Å². The molecule has 1 unspecified atom stereocenters. The maximum Gasteiger partial charge on any atom is 0.269 e. The molecular weight excluding hydrogens is 272 g/mol. The van der Waals surface area contributed by atoms with Gasteiger partial charge in [0.25, 0.3) is 5.69 Å². The Morgan fingerprint density at radius 1 is 1.38 bits per heavy atom. The maximum atomic E-state index is 10.6. The molecule has 0 saturated carbocycles. The fourth-order valence-electron chi connectivity index (χ4n) is 2.38. The first-order chi connectivity index (χ1) is 10.1. The van der Waals surface area contributed by atoms with Gasteiger partial charge < -0.3 is 10.2 Å². The molecule has 2 heterocycles. The standard InChI is InChI=1S/C13H16N6O2/c1-9-8-18(7-6-14-9)13-15-12(16-17-13)10-2-4-11(5-3-10)19(20)21/h2-5,9,14H,6-8H2,1H3,(H,15,16,17). The summed E-state index contributed by atoms with van der Waals surface area (Å²) in [6, 6.07) is 6.67. The van der Waals surface area contributed by atoms with Crippen LogP contribution in [0.15, 0.2) is 24.3 Å². The second kappa shape index (κ2) is 5.49. The van der Waals surface area contributed by atoms with Gasteiger partial charge in [-0.1, -0.05) is 0 Å². The van der Waals surface area contributed by atoms with Crippen LogP contribution in [0.2, 0.25) is 0 Å². The Morgan fingerprint density at radius 2 is 2.14 bits per heavy atom. The molecule has 0 aliphatic carbocycles. The second-order valence-corrected chi connectivity index (χ2v) is 5.09. The number of anilines is 1. The van der Waals surface area contributed by atoms with Gasteiger partial charge in [-0.2, -0.15) is 4.98 Å². The minimum absolute atomic E-state index is 0.0643. The Labute approximate surface area is 121 Å². The molecule has 0 radical (unpaired) electrons. The van der Waals surface area contributed by atoms with E-state index in [9.17, 15) is 10.1 Å². The van der Waals surface area contributed by atoms with Crippen LogP contribution in [0.1, 0.15) is 6.92 Å². The van der Waals surface area contributed by atoms with Crippen molar-refractivity contribution in [3.05, 3.63) is 34.4 Å². The van der Waals surface area contributed by atoms with E-state index in [4.69, 9.17) is 0 Å². The zero-order chi connectivity index (χ0) is 14.8. The van der Waals surface area contributed by atoms with E-state index < -0.39 is 4.92 Å². The number of piperazine rings is 1. The molecule has 1 aliphatic heterocycles. The Balaban J connectivity index is 1.79. The van der Waals surface area contributed by atoms with Crippen LogP contribution in [0.25, 0.3) is 11.4 Å². The first kappa shape index (κ1) is 13.5. The Kier molecular flexibility index (Phi) is 3.53. The third kappa shape index (κ3) is 2.84. The number of hydrogen-bond acceptors (Lipinski definition) is 6. The maximum absolute atomic E-state index is 10.6. The molecule has 2 aromatic rings. The topological polar surface area (TPSA) is 100.0 Å². The zero-order valence-corrected chi connectivity index (χ0v) is 11.6. The van der Waals surface area contributed by atoms with Crippen molar-refractivity contribution in [2.45, 2.75) is 13.0 Å². The third-order valence-corrected chi connectivity index (χ3v) is 3.48. The van der Waals surface area contributed by atoms with Crippen molar-refractivity contribution in [1.82, 2.24) is 20.5 Å². The highest BCUT2D eigenvalue weighted by molar-refractivity contribution is 5.58. The summed E-state index contributed by atoms with van der Waals surface area (Å²) in [5.41, 5.74) is 0.844. The highest BCUT2D eigenvalue weighted by atomic mass is 16.6. The number of rotatable bonds is 3. The fourth-order valence-corrected chi connectivity index (χ4v) is 2.38. The summed E-state index contributed by atoms with van der Waals surface area (Å²) in [7, 11) is 0. The highest BCUT2D eigenvalue weighted by Gasteiger charge is 2.19. The van der Waals surface area contributed by atoms with Crippen molar-refractivity contribution < 1.29 is 4.92 Å². The van der Waals surface area contributed by atoms with Crippen molar-refractivity contribution in [2.75, 3.05) is 24.5 Å². The first-order valence-corrected chi connectivity index (χ1v) is 6.79. The minimum atomic E-state index is -0.419. The normalized spacial score (nSPS) is 18.7.